The Balaban J connectivity index is 3.49. The summed E-state index contributed by atoms with van der Waals surface area (Å²) >= 11 is 0. The Bertz CT molecular complexity index is 89.0. The van der Waals surface area contributed by atoms with E-state index in [1.54, 1.807) is 0 Å². The van der Waals surface area contributed by atoms with Gasteiger partial charge in [-0.2, -0.15) is 0 Å². The van der Waals surface area contributed by atoms with Gasteiger partial charge < -0.3 is 5.32 Å². The van der Waals surface area contributed by atoms with Crippen molar-refractivity contribution in [3.63, 3.8) is 0 Å². The predicted octanol–water partition coefficient (Wildman–Crippen LogP) is 3.36. The first-order valence-corrected chi connectivity index (χ1v) is 5.30. The molecule has 1 heteroatoms. The van der Waals surface area contributed by atoms with Crippen LogP contribution in [0.25, 0.3) is 0 Å². The van der Waals surface area contributed by atoms with Crippen molar-refractivity contribution in [2.24, 2.45) is 5.92 Å². The maximum atomic E-state index is 3.50. The molecule has 0 spiro atoms. The fourth-order valence-electron chi connectivity index (χ4n) is 1.30. The molecule has 0 saturated carbocycles. The SMILES string of the molecule is CCC[CH]NC(CCC)C(C)C. The topological polar surface area (TPSA) is 12.0 Å². The van der Waals surface area contributed by atoms with Gasteiger partial charge in [0.25, 0.3) is 0 Å². The third kappa shape index (κ3) is 5.59. The zero-order chi connectivity index (χ0) is 9.40. The molecule has 0 aliphatic carbocycles. The van der Waals surface area contributed by atoms with Crippen molar-refractivity contribution in [3.05, 3.63) is 6.54 Å². The summed E-state index contributed by atoms with van der Waals surface area (Å²) in [5, 5.41) is 3.50. The molecule has 0 aliphatic heterocycles. The van der Waals surface area contributed by atoms with Crippen LogP contribution in [0.4, 0.5) is 0 Å². The third-order valence-electron chi connectivity index (χ3n) is 2.17. The van der Waals surface area contributed by atoms with Crippen molar-refractivity contribution in [1.29, 1.82) is 0 Å². The monoisotopic (exact) mass is 170 g/mol. The van der Waals surface area contributed by atoms with Crippen LogP contribution in [0, 0.1) is 12.5 Å². The Morgan fingerprint density at radius 3 is 2.25 bits per heavy atom. The Morgan fingerprint density at radius 2 is 1.83 bits per heavy atom. The average molecular weight is 170 g/mol. The van der Waals surface area contributed by atoms with Gasteiger partial charge in [-0.05, 0) is 18.8 Å². The van der Waals surface area contributed by atoms with Gasteiger partial charge in [0.2, 0.25) is 0 Å². The summed E-state index contributed by atoms with van der Waals surface area (Å²) in [6, 6.07) is 0.682. The fraction of sp³-hybridized carbons (Fsp3) is 0.909. The third-order valence-corrected chi connectivity index (χ3v) is 2.17. The molecule has 1 atom stereocenters. The van der Waals surface area contributed by atoms with E-state index in [0.717, 1.165) is 5.92 Å². The molecule has 0 fully saturated rings. The minimum Gasteiger partial charge on any atom is -0.309 e. The smallest absolute Gasteiger partial charge is 0.0223 e. The van der Waals surface area contributed by atoms with Crippen molar-refractivity contribution in [2.45, 2.75) is 59.4 Å². The highest BCUT2D eigenvalue weighted by atomic mass is 14.9. The molecular weight excluding hydrogens is 146 g/mol. The molecule has 0 saturated heterocycles. The van der Waals surface area contributed by atoms with Gasteiger partial charge in [-0.25, -0.2) is 0 Å². The lowest BCUT2D eigenvalue weighted by Gasteiger charge is -2.21. The quantitative estimate of drug-likeness (QED) is 0.578. The highest BCUT2D eigenvalue weighted by molar-refractivity contribution is 4.74. The van der Waals surface area contributed by atoms with Crippen molar-refractivity contribution < 1.29 is 0 Å². The van der Waals surface area contributed by atoms with Crippen LogP contribution in [0.15, 0.2) is 0 Å². The summed E-state index contributed by atoms with van der Waals surface area (Å²) in [4.78, 5) is 0. The van der Waals surface area contributed by atoms with E-state index in [0.29, 0.717) is 6.04 Å². The molecule has 1 radical (unpaired) electrons. The normalized spacial score (nSPS) is 13.8. The summed E-state index contributed by atoms with van der Waals surface area (Å²) in [6.07, 6.45) is 4.99. The van der Waals surface area contributed by atoms with E-state index >= 15 is 0 Å². The van der Waals surface area contributed by atoms with E-state index in [-0.39, 0.29) is 0 Å². The zero-order valence-electron chi connectivity index (χ0n) is 9.06. The standard InChI is InChI=1S/C11H24N/c1-5-7-9-12-11(8-6-2)10(3)4/h9-12H,5-8H2,1-4H3. The van der Waals surface area contributed by atoms with Gasteiger partial charge in [-0.1, -0.05) is 40.5 Å². The molecule has 0 aromatic carbocycles. The van der Waals surface area contributed by atoms with Gasteiger partial charge >= 0.3 is 0 Å². The average Bonchev–Trinajstić information content (AvgIpc) is 2.03. The summed E-state index contributed by atoms with van der Waals surface area (Å²) in [5.74, 6) is 0.748. The van der Waals surface area contributed by atoms with E-state index in [4.69, 9.17) is 0 Å². The molecule has 0 amide bonds. The zero-order valence-corrected chi connectivity index (χ0v) is 9.06. The Labute approximate surface area is 77.9 Å². The summed E-state index contributed by atoms with van der Waals surface area (Å²) in [6.45, 7) is 11.2. The first kappa shape index (κ1) is 12.0. The van der Waals surface area contributed by atoms with Crippen molar-refractivity contribution in [1.82, 2.24) is 5.32 Å². The highest BCUT2D eigenvalue weighted by Gasteiger charge is 2.10. The van der Waals surface area contributed by atoms with Gasteiger partial charge in [0.15, 0.2) is 0 Å². The second kappa shape index (κ2) is 7.60. The van der Waals surface area contributed by atoms with Crippen LogP contribution < -0.4 is 5.32 Å². The van der Waals surface area contributed by atoms with Crippen LogP contribution in [0.5, 0.6) is 0 Å². The van der Waals surface area contributed by atoms with Gasteiger partial charge in [0, 0.05) is 12.6 Å². The lowest BCUT2D eigenvalue weighted by atomic mass is 9.99. The van der Waals surface area contributed by atoms with E-state index in [9.17, 15) is 0 Å². The molecule has 1 nitrogen and oxygen atoms in total. The lowest BCUT2D eigenvalue weighted by Crippen LogP contribution is -2.31. The van der Waals surface area contributed by atoms with Crippen molar-refractivity contribution in [3.8, 4) is 0 Å². The van der Waals surface area contributed by atoms with Crippen LogP contribution in [-0.2, 0) is 0 Å². The second-order valence-electron chi connectivity index (χ2n) is 3.80. The lowest BCUT2D eigenvalue weighted by molar-refractivity contribution is 0.394. The number of hydrogen-bond donors (Lipinski definition) is 1. The van der Waals surface area contributed by atoms with Crippen LogP contribution in [-0.4, -0.2) is 6.04 Å². The number of nitrogens with one attached hydrogen (secondary N) is 1. The van der Waals surface area contributed by atoms with E-state index < -0.39 is 0 Å². The highest BCUT2D eigenvalue weighted by Crippen LogP contribution is 2.09. The van der Waals surface area contributed by atoms with E-state index in [1.165, 1.54) is 25.7 Å². The molecule has 0 bridgehead atoms. The molecule has 0 rings (SSSR count). The van der Waals surface area contributed by atoms with Crippen LogP contribution >= 0.6 is 0 Å². The van der Waals surface area contributed by atoms with Gasteiger partial charge in [-0.3, -0.25) is 0 Å². The molecule has 0 heterocycles. The molecular formula is C11H24N. The second-order valence-corrected chi connectivity index (χ2v) is 3.80. The number of rotatable bonds is 7. The number of hydrogen-bond acceptors (Lipinski definition) is 1. The molecule has 0 aromatic heterocycles. The molecule has 0 aliphatic rings. The molecule has 1 N–H and O–H groups in total. The minimum atomic E-state index is 0.682. The fourth-order valence-corrected chi connectivity index (χ4v) is 1.30. The van der Waals surface area contributed by atoms with Crippen LogP contribution in [0.1, 0.15) is 53.4 Å². The van der Waals surface area contributed by atoms with E-state index in [1.807, 2.05) is 0 Å². The van der Waals surface area contributed by atoms with Crippen molar-refractivity contribution in [2.75, 3.05) is 0 Å². The van der Waals surface area contributed by atoms with Crippen LogP contribution in [0.2, 0.25) is 0 Å². The van der Waals surface area contributed by atoms with Gasteiger partial charge in [0.05, 0.1) is 0 Å². The molecule has 0 aromatic rings. The summed E-state index contributed by atoms with van der Waals surface area (Å²) in [5.41, 5.74) is 0. The maximum Gasteiger partial charge on any atom is 0.0223 e. The maximum absolute atomic E-state index is 3.50. The first-order valence-electron chi connectivity index (χ1n) is 5.30. The molecule has 1 unspecified atom stereocenters. The summed E-state index contributed by atoms with van der Waals surface area (Å²) in [7, 11) is 0. The largest absolute Gasteiger partial charge is 0.309 e. The Morgan fingerprint density at radius 1 is 1.17 bits per heavy atom. The Kier molecular flexibility index (Phi) is 7.58. The first-order chi connectivity index (χ1) is 5.72. The van der Waals surface area contributed by atoms with Gasteiger partial charge in [0.1, 0.15) is 0 Å². The van der Waals surface area contributed by atoms with E-state index in [2.05, 4.69) is 39.6 Å². The molecule has 12 heavy (non-hydrogen) atoms. The Hall–Kier alpha value is -0.0400. The number of unbranched alkanes of at least 4 members (excludes halogenated alkanes) is 1. The summed E-state index contributed by atoms with van der Waals surface area (Å²) < 4.78 is 0. The predicted molar refractivity (Wildman–Crippen MR) is 55.9 cm³/mol. The molecule has 73 valence electrons. The minimum absolute atomic E-state index is 0.682. The van der Waals surface area contributed by atoms with Gasteiger partial charge in [-0.15, -0.1) is 0 Å². The van der Waals surface area contributed by atoms with Crippen LogP contribution in [0.3, 0.4) is 0 Å². The van der Waals surface area contributed by atoms with Crippen molar-refractivity contribution >= 4 is 0 Å².